The van der Waals surface area contributed by atoms with E-state index >= 15 is 0 Å². The van der Waals surface area contributed by atoms with E-state index < -0.39 is 0 Å². The average molecular weight is 477 g/mol. The predicted molar refractivity (Wildman–Crippen MR) is 111 cm³/mol. The first-order valence-corrected chi connectivity index (χ1v) is 12.3. The topological polar surface area (TPSA) is 16.4 Å². The van der Waals surface area contributed by atoms with Gasteiger partial charge in [0.05, 0.1) is 0 Å². The van der Waals surface area contributed by atoms with Gasteiger partial charge < -0.3 is 0 Å². The van der Waals surface area contributed by atoms with E-state index in [2.05, 4.69) is 72.7 Å². The summed E-state index contributed by atoms with van der Waals surface area (Å²) in [4.78, 5) is 2.50. The van der Waals surface area contributed by atoms with Gasteiger partial charge in [0.15, 0.2) is 0 Å². The maximum absolute atomic E-state index is 5.44. The summed E-state index contributed by atoms with van der Waals surface area (Å²) in [7, 11) is 1.74. The van der Waals surface area contributed by atoms with Gasteiger partial charge in [0.25, 0.3) is 0 Å². The van der Waals surface area contributed by atoms with Crippen LogP contribution in [0.15, 0.2) is 41.0 Å². The minimum atomic E-state index is 0.352. The van der Waals surface area contributed by atoms with Gasteiger partial charge in [0.1, 0.15) is 0 Å². The molecule has 0 saturated heterocycles. The van der Waals surface area contributed by atoms with Gasteiger partial charge in [-0.1, -0.05) is 0 Å². The molecular formula is C21H23N2OSe2+. The third-order valence-corrected chi connectivity index (χ3v) is 9.37. The Kier molecular flexibility index (Phi) is 4.98. The number of aromatic nitrogens is 1. The summed E-state index contributed by atoms with van der Waals surface area (Å²) in [5.41, 5.74) is 4.07. The number of hydrogen-bond donors (Lipinski definition) is 0. The van der Waals surface area contributed by atoms with Crippen molar-refractivity contribution in [3.63, 3.8) is 0 Å². The number of anilines is 1. The molecule has 3 aromatic rings. The molecule has 0 saturated carbocycles. The summed E-state index contributed by atoms with van der Waals surface area (Å²) >= 11 is 0.735. The normalized spacial score (nSPS) is 15.1. The van der Waals surface area contributed by atoms with Crippen molar-refractivity contribution < 1.29 is 9.30 Å². The Balaban J connectivity index is 1.81. The van der Waals surface area contributed by atoms with Crippen LogP contribution < -0.4 is 18.7 Å². The Morgan fingerprint density at radius 2 is 2.00 bits per heavy atom. The van der Waals surface area contributed by atoms with Gasteiger partial charge in [-0.3, -0.25) is 0 Å². The Bertz CT molecular complexity index is 1010. The maximum atomic E-state index is 5.44. The Morgan fingerprint density at radius 1 is 1.15 bits per heavy atom. The molecule has 0 N–H and O–H groups in total. The second kappa shape index (κ2) is 7.25. The van der Waals surface area contributed by atoms with Crippen LogP contribution in [0.5, 0.6) is 5.75 Å². The number of nitrogens with zero attached hydrogens (tertiary/aromatic N) is 2. The summed E-state index contributed by atoms with van der Waals surface area (Å²) in [6, 6.07) is 13.4. The molecule has 0 radical (unpaired) electrons. The van der Waals surface area contributed by atoms with Gasteiger partial charge in [-0.25, -0.2) is 0 Å². The van der Waals surface area contributed by atoms with Crippen molar-refractivity contribution in [2.45, 2.75) is 27.3 Å². The van der Waals surface area contributed by atoms with E-state index in [0.29, 0.717) is 29.5 Å². The van der Waals surface area contributed by atoms with E-state index in [1.54, 1.807) is 7.11 Å². The Hall–Kier alpha value is -1.51. The van der Waals surface area contributed by atoms with Crippen LogP contribution in [0.25, 0.3) is 15.9 Å². The van der Waals surface area contributed by atoms with E-state index in [-0.39, 0.29) is 0 Å². The molecule has 134 valence electrons. The van der Waals surface area contributed by atoms with Gasteiger partial charge in [0.2, 0.25) is 0 Å². The molecule has 0 aliphatic carbocycles. The SMILES string of the molecule is CCN1C(=Cc2[se]c3ccc(OC)cc3[n+]2CC)[Se]c2ccc(C)cc21. The van der Waals surface area contributed by atoms with Gasteiger partial charge in [-0.15, -0.1) is 0 Å². The summed E-state index contributed by atoms with van der Waals surface area (Å²) in [6.07, 6.45) is 2.47. The van der Waals surface area contributed by atoms with Crippen molar-refractivity contribution in [3.8, 4) is 5.75 Å². The molecule has 2 heterocycles. The van der Waals surface area contributed by atoms with E-state index in [1.165, 1.54) is 34.7 Å². The van der Waals surface area contributed by atoms with Crippen LogP contribution >= 0.6 is 0 Å². The standard InChI is InChI=1S/C21H23N2OSe2/c1-5-22-16-11-14(3)7-9-18(16)25-20(22)13-21-23(6-2)17-12-15(24-4)8-10-19(17)26-21/h7-13H,5-6H2,1-4H3/q+1. The van der Waals surface area contributed by atoms with Crippen LogP contribution in [0.3, 0.4) is 0 Å². The molecule has 5 heteroatoms. The van der Waals surface area contributed by atoms with E-state index in [9.17, 15) is 0 Å². The molecule has 4 rings (SSSR count). The fourth-order valence-corrected chi connectivity index (χ4v) is 8.57. The second-order valence-electron chi connectivity index (χ2n) is 6.32. The zero-order chi connectivity index (χ0) is 18.3. The zero-order valence-electron chi connectivity index (χ0n) is 15.6. The molecule has 0 atom stereocenters. The summed E-state index contributed by atoms with van der Waals surface area (Å²) in [5, 5.41) is 0. The van der Waals surface area contributed by atoms with Crippen molar-refractivity contribution in [1.82, 2.24) is 0 Å². The fourth-order valence-electron chi connectivity index (χ4n) is 3.39. The zero-order valence-corrected chi connectivity index (χ0v) is 19.0. The van der Waals surface area contributed by atoms with Gasteiger partial charge in [-0.05, 0) is 0 Å². The van der Waals surface area contributed by atoms with E-state index in [4.69, 9.17) is 4.74 Å². The number of rotatable bonds is 4. The molecule has 0 amide bonds. The number of hydrogen-bond acceptors (Lipinski definition) is 2. The van der Waals surface area contributed by atoms with E-state index in [1.807, 2.05) is 0 Å². The van der Waals surface area contributed by atoms with Crippen molar-refractivity contribution in [2.75, 3.05) is 18.6 Å². The van der Waals surface area contributed by atoms with Crippen molar-refractivity contribution in [1.29, 1.82) is 0 Å². The molecule has 1 aliphatic heterocycles. The number of ether oxygens (including phenoxy) is 1. The van der Waals surface area contributed by atoms with Crippen LogP contribution in [-0.2, 0) is 6.54 Å². The molecule has 2 aromatic carbocycles. The molecule has 0 spiro atoms. The van der Waals surface area contributed by atoms with E-state index in [0.717, 1.165) is 18.8 Å². The monoisotopic (exact) mass is 479 g/mol. The number of fused-ring (bicyclic) bond motifs is 2. The van der Waals surface area contributed by atoms with Gasteiger partial charge in [0, 0.05) is 0 Å². The van der Waals surface area contributed by atoms with Crippen LogP contribution in [0, 0.1) is 6.92 Å². The van der Waals surface area contributed by atoms with Gasteiger partial charge >= 0.3 is 168 Å². The van der Waals surface area contributed by atoms with Gasteiger partial charge in [-0.2, -0.15) is 0 Å². The molecule has 26 heavy (non-hydrogen) atoms. The average Bonchev–Trinajstić information content (AvgIpc) is 3.17. The predicted octanol–water partition coefficient (Wildman–Crippen LogP) is 2.69. The fraction of sp³-hybridized carbons (Fsp3) is 0.286. The van der Waals surface area contributed by atoms with Crippen LogP contribution in [0.1, 0.15) is 24.0 Å². The van der Waals surface area contributed by atoms with Crippen molar-refractivity contribution >= 4 is 55.5 Å². The Morgan fingerprint density at radius 3 is 2.73 bits per heavy atom. The number of methoxy groups -OCH3 is 1. The summed E-state index contributed by atoms with van der Waals surface area (Å²) in [5.74, 6) is 0.940. The first-order chi connectivity index (χ1) is 12.6. The first-order valence-electron chi connectivity index (χ1n) is 8.92. The number of benzene rings is 2. The first kappa shape index (κ1) is 17.9. The molecule has 3 nitrogen and oxygen atoms in total. The van der Waals surface area contributed by atoms with Crippen LogP contribution in [0.4, 0.5) is 5.69 Å². The minimum absolute atomic E-state index is 0.352. The molecule has 0 bridgehead atoms. The molecule has 1 aliphatic rings. The Labute approximate surface area is 167 Å². The number of aryl methyl sites for hydroxylation is 2. The van der Waals surface area contributed by atoms with Crippen molar-refractivity contribution in [2.24, 2.45) is 0 Å². The van der Waals surface area contributed by atoms with Crippen LogP contribution in [-0.4, -0.2) is 43.1 Å². The van der Waals surface area contributed by atoms with Crippen LogP contribution in [0.2, 0.25) is 0 Å². The molecule has 0 fully saturated rings. The quantitative estimate of drug-likeness (QED) is 0.425. The third-order valence-electron chi connectivity index (χ3n) is 4.70. The summed E-state index contributed by atoms with van der Waals surface area (Å²) in [6.45, 7) is 8.69. The van der Waals surface area contributed by atoms with Crippen molar-refractivity contribution in [3.05, 3.63) is 51.1 Å². The molecule has 0 unspecified atom stereocenters. The molecule has 1 aromatic heterocycles. The second-order valence-corrected chi connectivity index (χ2v) is 10.8. The third kappa shape index (κ3) is 3.04. The summed E-state index contributed by atoms with van der Waals surface area (Å²) < 4.78 is 13.8. The molecular weight excluding hydrogens is 454 g/mol.